The van der Waals surface area contributed by atoms with E-state index in [-0.39, 0.29) is 30.1 Å². The zero-order valence-electron chi connectivity index (χ0n) is 23.1. The molecular weight excluding hydrogens is 681 g/mol. The lowest BCUT2D eigenvalue weighted by molar-refractivity contribution is 0.606. The standard InChI is InChI=1S/C29H32Cl6N4S2/c1-3-5-7-9-11-13-15-17-37-39-29(41-17)21-23(31)19-18(25(33)27(21)35)22(30)20(26(34)24(19)32)28-38-36-16(40-28)14-12-10-8-6-4-2/h3-15H2,1-2H3. The SMILES string of the molecule is CCCCCCCCc1nnc(-c2c(Cl)c(Cl)c3c(Cl)c(-c4nnc(CCCCCCC)s4)c(Cl)c(Cl)c3c2Cl)s1. The van der Waals surface area contributed by atoms with Gasteiger partial charge in [-0.2, -0.15) is 0 Å². The van der Waals surface area contributed by atoms with Crippen molar-refractivity contribution in [2.45, 2.75) is 97.3 Å². The van der Waals surface area contributed by atoms with Crippen LogP contribution in [0.1, 0.15) is 94.5 Å². The highest BCUT2D eigenvalue weighted by molar-refractivity contribution is 7.15. The summed E-state index contributed by atoms with van der Waals surface area (Å²) in [5.41, 5.74) is 0.945. The Morgan fingerprint density at radius 2 is 0.805 bits per heavy atom. The van der Waals surface area contributed by atoms with Crippen LogP contribution < -0.4 is 0 Å². The molecule has 0 radical (unpaired) electrons. The first kappa shape index (κ1) is 33.5. The van der Waals surface area contributed by atoms with Crippen molar-refractivity contribution in [3.05, 3.63) is 40.2 Å². The van der Waals surface area contributed by atoms with Crippen molar-refractivity contribution in [3.8, 4) is 21.1 Å². The third-order valence-corrected chi connectivity index (χ3v) is 11.5. The average Bonchev–Trinajstić information content (AvgIpc) is 3.61. The topological polar surface area (TPSA) is 51.6 Å². The van der Waals surface area contributed by atoms with Crippen molar-refractivity contribution >= 4 is 103 Å². The third kappa shape index (κ3) is 7.81. The van der Waals surface area contributed by atoms with E-state index in [4.69, 9.17) is 69.6 Å². The first-order valence-corrected chi connectivity index (χ1v) is 18.0. The molecule has 0 unspecified atom stereocenters. The lowest BCUT2D eigenvalue weighted by atomic mass is 10.0. The first-order valence-electron chi connectivity index (χ1n) is 14.1. The summed E-state index contributed by atoms with van der Waals surface area (Å²) in [6, 6.07) is 0. The Morgan fingerprint density at radius 3 is 1.20 bits per heavy atom. The molecule has 0 amide bonds. The molecule has 0 spiro atoms. The molecule has 4 rings (SSSR count). The van der Waals surface area contributed by atoms with Crippen LogP contribution in [0.4, 0.5) is 0 Å². The molecule has 2 aromatic carbocycles. The molecule has 0 bridgehead atoms. The van der Waals surface area contributed by atoms with Crippen LogP contribution in [0.5, 0.6) is 0 Å². The number of fused-ring (bicyclic) bond motifs is 1. The van der Waals surface area contributed by atoms with E-state index in [0.29, 0.717) is 31.9 Å². The van der Waals surface area contributed by atoms with Gasteiger partial charge in [0.05, 0.1) is 41.3 Å². The van der Waals surface area contributed by atoms with Gasteiger partial charge in [-0.05, 0) is 12.8 Å². The minimum atomic E-state index is 0.221. The maximum atomic E-state index is 6.95. The zero-order chi connectivity index (χ0) is 29.5. The van der Waals surface area contributed by atoms with Gasteiger partial charge in [0, 0.05) is 23.6 Å². The van der Waals surface area contributed by atoms with Gasteiger partial charge in [0.25, 0.3) is 0 Å². The van der Waals surface area contributed by atoms with Crippen molar-refractivity contribution in [2.75, 3.05) is 0 Å². The van der Waals surface area contributed by atoms with Gasteiger partial charge in [0.15, 0.2) is 10.0 Å². The number of unbranched alkanes of at least 4 members (excludes halogenated alkanes) is 9. The number of aromatic nitrogens is 4. The minimum Gasteiger partial charge on any atom is -0.143 e. The van der Waals surface area contributed by atoms with E-state index in [1.54, 1.807) is 0 Å². The summed E-state index contributed by atoms with van der Waals surface area (Å²) < 4.78 is 0. The largest absolute Gasteiger partial charge is 0.150 e. The smallest absolute Gasteiger partial charge is 0.143 e. The number of aryl methyl sites for hydroxylation is 2. The highest BCUT2D eigenvalue weighted by Crippen LogP contribution is 2.54. The number of hydrogen-bond acceptors (Lipinski definition) is 6. The Morgan fingerprint density at radius 1 is 0.439 bits per heavy atom. The molecule has 0 saturated carbocycles. The van der Waals surface area contributed by atoms with E-state index < -0.39 is 0 Å². The molecule has 222 valence electrons. The van der Waals surface area contributed by atoms with Gasteiger partial charge in [-0.25, -0.2) is 0 Å². The van der Waals surface area contributed by atoms with Crippen molar-refractivity contribution in [2.24, 2.45) is 0 Å². The molecule has 0 aliphatic rings. The van der Waals surface area contributed by atoms with Crippen LogP contribution in [0.15, 0.2) is 0 Å². The third-order valence-electron chi connectivity index (χ3n) is 6.99. The highest BCUT2D eigenvalue weighted by atomic mass is 35.5. The number of benzene rings is 2. The van der Waals surface area contributed by atoms with Gasteiger partial charge in [-0.15, -0.1) is 20.4 Å². The molecule has 0 N–H and O–H groups in total. The average molecular weight is 713 g/mol. The van der Waals surface area contributed by atoms with Crippen molar-refractivity contribution < 1.29 is 0 Å². The fourth-order valence-electron chi connectivity index (χ4n) is 4.74. The number of nitrogens with zero attached hydrogens (tertiary/aromatic N) is 4. The predicted molar refractivity (Wildman–Crippen MR) is 181 cm³/mol. The van der Waals surface area contributed by atoms with E-state index in [9.17, 15) is 0 Å². The van der Waals surface area contributed by atoms with Gasteiger partial charge >= 0.3 is 0 Å². The Hall–Kier alpha value is -0.440. The van der Waals surface area contributed by atoms with Crippen LogP contribution in [0.3, 0.4) is 0 Å². The second kappa shape index (κ2) is 16.0. The van der Waals surface area contributed by atoms with E-state index in [1.807, 2.05) is 0 Å². The van der Waals surface area contributed by atoms with Crippen LogP contribution in [0.25, 0.3) is 31.9 Å². The van der Waals surface area contributed by atoms with Crippen LogP contribution in [-0.2, 0) is 12.8 Å². The second-order valence-corrected chi connectivity index (χ2v) is 14.5. The summed E-state index contributed by atoms with van der Waals surface area (Å²) >= 11 is 44.1. The molecule has 0 aliphatic heterocycles. The lowest BCUT2D eigenvalue weighted by Gasteiger charge is -2.17. The van der Waals surface area contributed by atoms with Crippen molar-refractivity contribution in [1.29, 1.82) is 0 Å². The maximum Gasteiger partial charge on any atom is 0.150 e. The fourth-order valence-corrected chi connectivity index (χ4v) is 8.90. The highest BCUT2D eigenvalue weighted by Gasteiger charge is 2.29. The number of hydrogen-bond donors (Lipinski definition) is 0. The number of rotatable bonds is 15. The zero-order valence-corrected chi connectivity index (χ0v) is 29.2. The quantitative estimate of drug-likeness (QED) is 0.0909. The molecule has 0 atom stereocenters. The van der Waals surface area contributed by atoms with E-state index in [1.165, 1.54) is 74.0 Å². The van der Waals surface area contributed by atoms with E-state index in [2.05, 4.69) is 34.2 Å². The summed E-state index contributed by atoms with van der Waals surface area (Å²) in [4.78, 5) is 0. The van der Waals surface area contributed by atoms with Gasteiger partial charge in [-0.3, -0.25) is 0 Å². The molecule has 41 heavy (non-hydrogen) atoms. The van der Waals surface area contributed by atoms with Gasteiger partial charge in [0.2, 0.25) is 0 Å². The molecule has 12 heteroatoms. The number of halogens is 6. The normalized spacial score (nSPS) is 11.7. The Labute approximate surface area is 280 Å². The van der Waals surface area contributed by atoms with Gasteiger partial charge in [0.1, 0.15) is 10.0 Å². The van der Waals surface area contributed by atoms with Crippen LogP contribution >= 0.6 is 92.3 Å². The van der Waals surface area contributed by atoms with Crippen molar-refractivity contribution in [3.63, 3.8) is 0 Å². The van der Waals surface area contributed by atoms with Gasteiger partial charge < -0.3 is 0 Å². The van der Waals surface area contributed by atoms with Gasteiger partial charge in [-0.1, -0.05) is 164 Å². The van der Waals surface area contributed by atoms with E-state index >= 15 is 0 Å². The first-order chi connectivity index (χ1) is 19.8. The second-order valence-electron chi connectivity index (χ2n) is 10.1. The Bertz CT molecular complexity index is 1490. The molecule has 2 aromatic heterocycles. The Balaban J connectivity index is 1.65. The monoisotopic (exact) mass is 710 g/mol. The summed E-state index contributed by atoms with van der Waals surface area (Å²) in [5, 5.41) is 22.8. The predicted octanol–water partition coefficient (Wildman–Crippen LogP) is 13.2. The minimum absolute atomic E-state index is 0.221. The summed E-state index contributed by atoms with van der Waals surface area (Å²) in [6.45, 7) is 4.42. The summed E-state index contributed by atoms with van der Waals surface area (Å²) in [5.74, 6) is 0. The summed E-state index contributed by atoms with van der Waals surface area (Å²) in [7, 11) is 0. The molecule has 2 heterocycles. The van der Waals surface area contributed by atoms with Crippen LogP contribution in [0, 0.1) is 0 Å². The molecule has 0 aliphatic carbocycles. The molecule has 0 saturated heterocycles. The summed E-state index contributed by atoms with van der Waals surface area (Å²) in [6.07, 6.45) is 14.8. The molecule has 4 nitrogen and oxygen atoms in total. The molecule has 0 fully saturated rings. The molecular formula is C29H32Cl6N4S2. The van der Waals surface area contributed by atoms with Crippen molar-refractivity contribution in [1.82, 2.24) is 20.4 Å². The van der Waals surface area contributed by atoms with E-state index in [0.717, 1.165) is 42.1 Å². The maximum absolute atomic E-state index is 6.95. The fraction of sp³-hybridized carbons (Fsp3) is 0.517. The Kier molecular flexibility index (Phi) is 13.1. The lowest BCUT2D eigenvalue weighted by Crippen LogP contribution is -1.92. The van der Waals surface area contributed by atoms with Crippen LogP contribution in [0.2, 0.25) is 30.1 Å². The molecule has 4 aromatic rings. The van der Waals surface area contributed by atoms with Crippen LogP contribution in [-0.4, -0.2) is 20.4 Å².